The van der Waals surface area contributed by atoms with Crippen molar-refractivity contribution in [1.82, 2.24) is 10.6 Å². The molecule has 1 amide bonds. The number of amides is 1. The monoisotopic (exact) mass is 346 g/mol. The van der Waals surface area contributed by atoms with Crippen molar-refractivity contribution < 1.29 is 9.53 Å². The van der Waals surface area contributed by atoms with Crippen molar-refractivity contribution in [2.75, 3.05) is 6.54 Å². The highest BCUT2D eigenvalue weighted by molar-refractivity contribution is 6.32. The van der Waals surface area contributed by atoms with Crippen molar-refractivity contribution in [2.24, 2.45) is 0 Å². The average molecular weight is 347 g/mol. The predicted octanol–water partition coefficient (Wildman–Crippen LogP) is 3.09. The van der Waals surface area contributed by atoms with Gasteiger partial charge in [-0.2, -0.15) is 0 Å². The van der Waals surface area contributed by atoms with Crippen LogP contribution in [0.2, 0.25) is 5.02 Å². The minimum Gasteiger partial charge on any atom is -0.479 e. The summed E-state index contributed by atoms with van der Waals surface area (Å²) in [5.74, 6) is 0.447. The molecule has 3 atom stereocenters. The Morgan fingerprint density at radius 1 is 1.50 bits per heavy atom. The number of hydrogen-bond acceptors (Lipinski definition) is 3. The van der Waals surface area contributed by atoms with E-state index in [0.717, 1.165) is 24.9 Å². The molecule has 124 valence electrons. The first-order chi connectivity index (χ1) is 9.97. The Bertz CT molecular complexity index is 511. The summed E-state index contributed by atoms with van der Waals surface area (Å²) in [4.78, 5) is 12.3. The van der Waals surface area contributed by atoms with Crippen LogP contribution in [0.15, 0.2) is 18.2 Å². The fraction of sp³-hybridized carbons (Fsp3) is 0.562. The van der Waals surface area contributed by atoms with E-state index in [0.29, 0.717) is 10.8 Å². The van der Waals surface area contributed by atoms with Gasteiger partial charge in [0, 0.05) is 12.1 Å². The van der Waals surface area contributed by atoms with Crippen molar-refractivity contribution in [2.45, 2.75) is 51.8 Å². The van der Waals surface area contributed by atoms with Gasteiger partial charge in [0.15, 0.2) is 6.10 Å². The highest BCUT2D eigenvalue weighted by Crippen LogP contribution is 2.26. The summed E-state index contributed by atoms with van der Waals surface area (Å²) in [6, 6.07) is 5.98. The van der Waals surface area contributed by atoms with E-state index in [1.54, 1.807) is 13.0 Å². The smallest absolute Gasteiger partial charge is 0.261 e. The van der Waals surface area contributed by atoms with Gasteiger partial charge in [-0.15, -0.1) is 12.4 Å². The van der Waals surface area contributed by atoms with Crippen LogP contribution in [0.5, 0.6) is 5.75 Å². The molecule has 0 saturated carbocycles. The van der Waals surface area contributed by atoms with Crippen molar-refractivity contribution in [1.29, 1.82) is 0 Å². The molecule has 3 unspecified atom stereocenters. The van der Waals surface area contributed by atoms with Crippen molar-refractivity contribution in [3.8, 4) is 5.75 Å². The molecule has 22 heavy (non-hydrogen) atoms. The number of halogens is 2. The molecule has 4 nitrogen and oxygen atoms in total. The third-order valence-electron chi connectivity index (χ3n) is 3.85. The molecular formula is C16H24Cl2N2O2. The maximum Gasteiger partial charge on any atom is 0.261 e. The molecule has 1 heterocycles. The van der Waals surface area contributed by atoms with Crippen LogP contribution in [0.3, 0.4) is 0 Å². The van der Waals surface area contributed by atoms with Gasteiger partial charge in [-0.1, -0.05) is 17.7 Å². The van der Waals surface area contributed by atoms with E-state index in [9.17, 15) is 4.79 Å². The third-order valence-corrected chi connectivity index (χ3v) is 4.16. The first-order valence-corrected chi connectivity index (χ1v) is 7.81. The van der Waals surface area contributed by atoms with Gasteiger partial charge in [0.2, 0.25) is 0 Å². The lowest BCUT2D eigenvalue weighted by Gasteiger charge is -2.31. The summed E-state index contributed by atoms with van der Waals surface area (Å²) < 4.78 is 5.70. The van der Waals surface area contributed by atoms with Crippen molar-refractivity contribution in [3.05, 3.63) is 28.8 Å². The van der Waals surface area contributed by atoms with Crippen molar-refractivity contribution in [3.63, 3.8) is 0 Å². The maximum atomic E-state index is 12.3. The van der Waals surface area contributed by atoms with Gasteiger partial charge in [-0.05, 0) is 57.9 Å². The number of hydrogen-bond donors (Lipinski definition) is 2. The molecule has 1 fully saturated rings. The number of carbonyl (C=O) groups is 1. The summed E-state index contributed by atoms with van der Waals surface area (Å²) in [6.45, 7) is 6.81. The van der Waals surface area contributed by atoms with E-state index < -0.39 is 6.10 Å². The van der Waals surface area contributed by atoms with E-state index >= 15 is 0 Å². The number of piperidine rings is 1. The SMILES string of the molecule is Cc1ccc(Cl)c(OC(C)C(=O)NC2CCCNC2C)c1.Cl. The van der Waals surface area contributed by atoms with E-state index in [1.807, 2.05) is 19.1 Å². The summed E-state index contributed by atoms with van der Waals surface area (Å²) in [5.41, 5.74) is 1.05. The number of benzene rings is 1. The molecule has 1 aliphatic heterocycles. The van der Waals surface area contributed by atoms with E-state index in [2.05, 4.69) is 17.6 Å². The molecule has 1 aliphatic rings. The van der Waals surface area contributed by atoms with Crippen LogP contribution in [0.25, 0.3) is 0 Å². The minimum atomic E-state index is -0.571. The van der Waals surface area contributed by atoms with Gasteiger partial charge >= 0.3 is 0 Å². The van der Waals surface area contributed by atoms with Crippen LogP contribution < -0.4 is 15.4 Å². The second kappa shape index (κ2) is 8.61. The average Bonchev–Trinajstić information content (AvgIpc) is 2.45. The highest BCUT2D eigenvalue weighted by Gasteiger charge is 2.25. The quantitative estimate of drug-likeness (QED) is 0.880. The van der Waals surface area contributed by atoms with Gasteiger partial charge in [0.25, 0.3) is 5.91 Å². The van der Waals surface area contributed by atoms with Gasteiger partial charge in [-0.3, -0.25) is 4.79 Å². The van der Waals surface area contributed by atoms with Gasteiger partial charge in [-0.25, -0.2) is 0 Å². The Hall–Kier alpha value is -0.970. The number of rotatable bonds is 4. The van der Waals surface area contributed by atoms with Crippen LogP contribution in [0.1, 0.15) is 32.3 Å². The molecule has 0 radical (unpaired) electrons. The Morgan fingerprint density at radius 3 is 2.91 bits per heavy atom. The third kappa shape index (κ3) is 5.04. The number of ether oxygens (including phenoxy) is 1. The molecule has 1 saturated heterocycles. The molecule has 2 rings (SSSR count). The van der Waals surface area contributed by atoms with Gasteiger partial charge < -0.3 is 15.4 Å². The van der Waals surface area contributed by atoms with E-state index in [4.69, 9.17) is 16.3 Å². The molecule has 0 bridgehead atoms. The van der Waals surface area contributed by atoms with Crippen LogP contribution in [0.4, 0.5) is 0 Å². The molecule has 0 spiro atoms. The zero-order valence-corrected chi connectivity index (χ0v) is 14.8. The lowest BCUT2D eigenvalue weighted by molar-refractivity contribution is -0.128. The van der Waals surface area contributed by atoms with Gasteiger partial charge in [0.05, 0.1) is 5.02 Å². The number of nitrogens with one attached hydrogen (secondary N) is 2. The Labute approximate surface area is 143 Å². The van der Waals surface area contributed by atoms with Crippen LogP contribution in [-0.4, -0.2) is 30.6 Å². The number of carbonyl (C=O) groups excluding carboxylic acids is 1. The zero-order valence-electron chi connectivity index (χ0n) is 13.2. The van der Waals surface area contributed by atoms with Crippen LogP contribution >= 0.6 is 24.0 Å². The normalized spacial score (nSPS) is 22.4. The number of aryl methyl sites for hydroxylation is 1. The molecule has 2 N–H and O–H groups in total. The highest BCUT2D eigenvalue weighted by atomic mass is 35.5. The summed E-state index contributed by atoms with van der Waals surface area (Å²) in [7, 11) is 0. The van der Waals surface area contributed by atoms with Crippen molar-refractivity contribution >= 4 is 29.9 Å². The standard InChI is InChI=1S/C16H23ClN2O2.ClH/c1-10-6-7-13(17)15(9-10)21-12(3)16(20)19-14-5-4-8-18-11(14)2;/h6-7,9,11-12,14,18H,4-5,8H2,1-3H3,(H,19,20);1H. The molecule has 0 aromatic heterocycles. The molecule has 6 heteroatoms. The topological polar surface area (TPSA) is 50.4 Å². The lowest BCUT2D eigenvalue weighted by atomic mass is 10.00. The van der Waals surface area contributed by atoms with Crippen LogP contribution in [0, 0.1) is 6.92 Å². The Balaban J connectivity index is 0.00000242. The van der Waals surface area contributed by atoms with E-state index in [1.165, 1.54) is 0 Å². The Morgan fingerprint density at radius 2 is 2.23 bits per heavy atom. The van der Waals surface area contributed by atoms with E-state index in [-0.39, 0.29) is 30.4 Å². The lowest BCUT2D eigenvalue weighted by Crippen LogP contribution is -2.54. The molecule has 1 aromatic rings. The Kier molecular flexibility index (Phi) is 7.46. The molecular weight excluding hydrogens is 323 g/mol. The second-order valence-electron chi connectivity index (χ2n) is 5.69. The minimum absolute atomic E-state index is 0. The fourth-order valence-electron chi connectivity index (χ4n) is 2.49. The first kappa shape index (κ1) is 19.1. The maximum absolute atomic E-state index is 12.3. The summed E-state index contributed by atoms with van der Waals surface area (Å²) in [5, 5.41) is 6.94. The predicted molar refractivity (Wildman–Crippen MR) is 92.2 cm³/mol. The largest absolute Gasteiger partial charge is 0.479 e. The van der Waals surface area contributed by atoms with Crippen LogP contribution in [-0.2, 0) is 4.79 Å². The molecule has 1 aromatic carbocycles. The first-order valence-electron chi connectivity index (χ1n) is 7.44. The van der Waals surface area contributed by atoms with Gasteiger partial charge in [0.1, 0.15) is 5.75 Å². The summed E-state index contributed by atoms with van der Waals surface area (Å²) in [6.07, 6.45) is 1.50. The molecule has 0 aliphatic carbocycles. The summed E-state index contributed by atoms with van der Waals surface area (Å²) >= 11 is 6.09. The second-order valence-corrected chi connectivity index (χ2v) is 6.10. The fourth-order valence-corrected chi connectivity index (χ4v) is 2.65. The zero-order chi connectivity index (χ0) is 15.4.